The van der Waals surface area contributed by atoms with Crippen LogP contribution in [0.5, 0.6) is 0 Å². The molecule has 346 valence electrons. The third-order valence-electron chi connectivity index (χ3n) is 10.7. The van der Waals surface area contributed by atoms with Crippen molar-refractivity contribution < 1.29 is 47.7 Å². The average Bonchev–Trinajstić information content (AvgIpc) is 3.16. The molecular weight excluding hydrogens is 767 g/mol. The molecule has 1 aromatic rings. The lowest BCUT2D eigenvalue weighted by molar-refractivity contribution is -0.162. The van der Waals surface area contributed by atoms with Crippen molar-refractivity contribution >= 4 is 29.7 Å². The van der Waals surface area contributed by atoms with E-state index in [1.165, 1.54) is 0 Å². The fraction of sp³-hybridized carbons (Fsp3) is 0.766. The molecule has 13 heteroatoms. The molecule has 0 heterocycles. The van der Waals surface area contributed by atoms with E-state index >= 15 is 0 Å². The number of hydrogen-bond acceptors (Lipinski definition) is 11. The molecule has 0 aliphatic carbocycles. The molecule has 1 rings (SSSR count). The number of hydrogen-bond donors (Lipinski definition) is 1. The van der Waals surface area contributed by atoms with Crippen molar-refractivity contribution in [2.45, 2.75) is 177 Å². The molecule has 13 nitrogen and oxygen atoms in total. The van der Waals surface area contributed by atoms with E-state index in [4.69, 9.17) is 29.4 Å². The zero-order valence-corrected chi connectivity index (χ0v) is 40.5. The second-order valence-electron chi connectivity index (χ2n) is 18.8. The summed E-state index contributed by atoms with van der Waals surface area (Å²) in [5.41, 5.74) is 5.78. The SMILES string of the molecule is CC[C@H](C)[C@@H]([C@@H](CC(=O)OC(C)(C)C)OC)N(C)C(=O)[C@@H](CC(=O)OCc1ccccc1)C(C)C.CC[C@H](C)[C@@H]([C@@H](CC(=O)OC(C)(C)C)OC)N(C)C(=O)[C@@H](N)C(C)C. The van der Waals surface area contributed by atoms with Crippen molar-refractivity contribution in [3.63, 3.8) is 0 Å². The van der Waals surface area contributed by atoms with Gasteiger partial charge in [0.2, 0.25) is 11.8 Å². The molecule has 0 spiro atoms. The van der Waals surface area contributed by atoms with Crippen LogP contribution in [0.15, 0.2) is 30.3 Å². The van der Waals surface area contributed by atoms with E-state index in [-0.39, 0.29) is 85.4 Å². The quantitative estimate of drug-likeness (QED) is 0.0903. The monoisotopic (exact) mass is 850 g/mol. The third kappa shape index (κ3) is 20.3. The smallest absolute Gasteiger partial charge is 0.309 e. The molecule has 8 atom stereocenters. The van der Waals surface area contributed by atoms with E-state index in [1.54, 1.807) is 38.1 Å². The first-order valence-corrected chi connectivity index (χ1v) is 21.6. The summed E-state index contributed by atoms with van der Waals surface area (Å²) in [6.07, 6.45) is 0.785. The maximum Gasteiger partial charge on any atom is 0.309 e. The van der Waals surface area contributed by atoms with E-state index in [0.717, 1.165) is 18.4 Å². The Morgan fingerprint density at radius 2 is 1.02 bits per heavy atom. The van der Waals surface area contributed by atoms with Crippen molar-refractivity contribution in [1.29, 1.82) is 0 Å². The van der Waals surface area contributed by atoms with Crippen molar-refractivity contribution in [2.24, 2.45) is 35.3 Å². The maximum absolute atomic E-state index is 13.6. The molecular formula is C47H83N3O10. The lowest BCUT2D eigenvalue weighted by atomic mass is 9.87. The fourth-order valence-electron chi connectivity index (χ4n) is 6.92. The van der Waals surface area contributed by atoms with Gasteiger partial charge in [-0.3, -0.25) is 24.0 Å². The molecule has 2 amide bonds. The third-order valence-corrected chi connectivity index (χ3v) is 10.7. The van der Waals surface area contributed by atoms with Gasteiger partial charge in [0.05, 0.1) is 55.5 Å². The summed E-state index contributed by atoms with van der Waals surface area (Å²) in [4.78, 5) is 67.1. The highest BCUT2D eigenvalue weighted by atomic mass is 16.6. The van der Waals surface area contributed by atoms with Gasteiger partial charge in [-0.2, -0.15) is 0 Å². The Hall–Kier alpha value is -3.55. The van der Waals surface area contributed by atoms with Crippen molar-refractivity contribution in [1.82, 2.24) is 9.80 Å². The van der Waals surface area contributed by atoms with E-state index < -0.39 is 41.3 Å². The Labute approximate surface area is 363 Å². The molecule has 0 aliphatic heterocycles. The number of nitrogens with zero attached hydrogens (tertiary/aromatic N) is 2. The van der Waals surface area contributed by atoms with Gasteiger partial charge in [0.1, 0.15) is 17.8 Å². The zero-order valence-electron chi connectivity index (χ0n) is 40.5. The first-order valence-electron chi connectivity index (χ1n) is 21.6. The van der Waals surface area contributed by atoms with Gasteiger partial charge in [0.25, 0.3) is 0 Å². The normalized spacial score (nSPS) is 15.9. The average molecular weight is 850 g/mol. The molecule has 0 aromatic heterocycles. The second-order valence-corrected chi connectivity index (χ2v) is 18.8. The molecule has 0 aliphatic rings. The van der Waals surface area contributed by atoms with Crippen LogP contribution in [0, 0.1) is 29.6 Å². The summed E-state index contributed by atoms with van der Waals surface area (Å²) in [5.74, 6) is -1.77. The second kappa shape index (κ2) is 26.7. The van der Waals surface area contributed by atoms with Gasteiger partial charge in [-0.05, 0) is 70.8 Å². The predicted molar refractivity (Wildman–Crippen MR) is 237 cm³/mol. The van der Waals surface area contributed by atoms with Gasteiger partial charge in [-0.25, -0.2) is 0 Å². The zero-order chi connectivity index (χ0) is 46.7. The van der Waals surface area contributed by atoms with Crippen LogP contribution in [0.4, 0.5) is 0 Å². The van der Waals surface area contributed by atoms with Gasteiger partial charge < -0.3 is 39.2 Å². The molecule has 2 N–H and O–H groups in total. The van der Waals surface area contributed by atoms with E-state index in [0.29, 0.717) is 0 Å². The van der Waals surface area contributed by atoms with Crippen LogP contribution in [0.2, 0.25) is 0 Å². The highest BCUT2D eigenvalue weighted by Crippen LogP contribution is 2.28. The summed E-state index contributed by atoms with van der Waals surface area (Å²) in [7, 11) is 6.57. The topological polar surface area (TPSA) is 164 Å². The molecule has 0 radical (unpaired) electrons. The molecule has 0 fully saturated rings. The number of methoxy groups -OCH3 is 2. The Kier molecular flexibility index (Phi) is 25.1. The van der Waals surface area contributed by atoms with Crippen molar-refractivity contribution in [3.05, 3.63) is 35.9 Å². The minimum Gasteiger partial charge on any atom is -0.461 e. The molecule has 60 heavy (non-hydrogen) atoms. The number of carbonyl (C=O) groups is 5. The van der Waals surface area contributed by atoms with Gasteiger partial charge in [0.15, 0.2) is 0 Å². The van der Waals surface area contributed by atoms with E-state index in [9.17, 15) is 24.0 Å². The molecule has 1 aromatic carbocycles. The Bertz CT molecular complexity index is 1440. The number of ether oxygens (including phenoxy) is 5. The number of nitrogens with two attached hydrogens (primary N) is 1. The number of esters is 3. The van der Waals surface area contributed by atoms with Gasteiger partial charge in [-0.15, -0.1) is 0 Å². The minimum atomic E-state index is -0.605. The van der Waals surface area contributed by atoms with Crippen LogP contribution in [0.1, 0.15) is 135 Å². The van der Waals surface area contributed by atoms with Crippen LogP contribution in [-0.2, 0) is 54.3 Å². The lowest BCUT2D eigenvalue weighted by Crippen LogP contribution is -2.55. The van der Waals surface area contributed by atoms with E-state index in [2.05, 4.69) is 13.8 Å². The lowest BCUT2D eigenvalue weighted by Gasteiger charge is -2.39. The summed E-state index contributed by atoms with van der Waals surface area (Å²) in [5, 5.41) is 0. The fourth-order valence-corrected chi connectivity index (χ4v) is 6.92. The Balaban J connectivity index is 0.00000123. The first kappa shape index (κ1) is 56.5. The van der Waals surface area contributed by atoms with Crippen molar-refractivity contribution in [3.8, 4) is 0 Å². The van der Waals surface area contributed by atoms with Crippen LogP contribution >= 0.6 is 0 Å². The largest absolute Gasteiger partial charge is 0.461 e. The minimum absolute atomic E-state index is 0.00931. The molecule has 0 saturated carbocycles. The van der Waals surface area contributed by atoms with Crippen LogP contribution in [0.25, 0.3) is 0 Å². The summed E-state index contributed by atoms with van der Waals surface area (Å²) in [6, 6.07) is 8.27. The number of likely N-dealkylation sites (N-methyl/N-ethyl adjacent to an activating group) is 2. The number of rotatable bonds is 22. The predicted octanol–water partition coefficient (Wildman–Crippen LogP) is 7.60. The van der Waals surface area contributed by atoms with Gasteiger partial charge in [0, 0.05) is 28.3 Å². The first-order chi connectivity index (χ1) is 27.7. The van der Waals surface area contributed by atoms with Crippen molar-refractivity contribution in [2.75, 3.05) is 28.3 Å². The highest BCUT2D eigenvalue weighted by Gasteiger charge is 2.39. The van der Waals surface area contributed by atoms with Crippen LogP contribution in [-0.4, -0.2) is 109 Å². The summed E-state index contributed by atoms with van der Waals surface area (Å²) < 4.78 is 27.7. The number of amides is 2. The Morgan fingerprint density at radius 3 is 1.35 bits per heavy atom. The Morgan fingerprint density at radius 1 is 0.617 bits per heavy atom. The number of benzene rings is 1. The van der Waals surface area contributed by atoms with Gasteiger partial charge in [-0.1, -0.05) is 98.6 Å². The molecule has 0 saturated heterocycles. The number of carbonyl (C=O) groups excluding carboxylic acids is 5. The van der Waals surface area contributed by atoms with Crippen LogP contribution in [0.3, 0.4) is 0 Å². The van der Waals surface area contributed by atoms with E-state index in [1.807, 2.05) is 113 Å². The highest BCUT2D eigenvalue weighted by molar-refractivity contribution is 5.84. The van der Waals surface area contributed by atoms with Crippen LogP contribution < -0.4 is 5.73 Å². The molecule has 0 unspecified atom stereocenters. The summed E-state index contributed by atoms with van der Waals surface area (Å²) >= 11 is 0. The van der Waals surface area contributed by atoms with Gasteiger partial charge >= 0.3 is 17.9 Å². The standard InChI is InChI=1S/C28H45NO6.C19H38N2O4/c1-10-20(4)26(23(33-9)17-25(31)35-28(5,6)7)29(8)27(32)22(19(2)3)16-24(30)34-18-21-14-12-11-13-15-21;1-10-13(4)17(21(8)18(23)16(20)12(2)3)14(24-9)11-15(22)25-19(5,6)7/h11-15,19-20,22-23,26H,10,16-18H2,1-9H3;12-14,16-17H,10-11,20H2,1-9H3/t20-,22-,23+,26-;13-,14+,16-,17-/m00/s1. The summed E-state index contributed by atoms with van der Waals surface area (Å²) in [6.45, 7) is 27.0. The molecule has 0 bridgehead atoms. The maximum atomic E-state index is 13.6.